The van der Waals surface area contributed by atoms with E-state index < -0.39 is 0 Å². The summed E-state index contributed by atoms with van der Waals surface area (Å²) in [7, 11) is 0. The van der Waals surface area contributed by atoms with Crippen LogP contribution in [0, 0.1) is 0 Å². The van der Waals surface area contributed by atoms with Crippen molar-refractivity contribution in [3.8, 4) is 5.75 Å². The van der Waals surface area contributed by atoms with Gasteiger partial charge in [-0.1, -0.05) is 32.9 Å². The molecule has 1 N–H and O–H groups in total. The molecule has 0 aliphatic heterocycles. The Morgan fingerprint density at radius 3 is 2.47 bits per heavy atom. The van der Waals surface area contributed by atoms with E-state index in [4.69, 9.17) is 0 Å². The minimum atomic E-state index is -0.124. The second-order valence-electron chi connectivity index (χ2n) is 5.19. The predicted molar refractivity (Wildman–Crippen MR) is 73.9 cm³/mol. The zero-order valence-electron chi connectivity index (χ0n) is 11.2. The molecule has 0 bridgehead atoms. The lowest BCUT2D eigenvalue weighted by molar-refractivity contribution is 0.446. The Morgan fingerprint density at radius 2 is 1.84 bits per heavy atom. The van der Waals surface area contributed by atoms with Gasteiger partial charge in [0.25, 0.3) is 5.95 Å². The van der Waals surface area contributed by atoms with Crippen molar-refractivity contribution in [1.29, 1.82) is 0 Å². The zero-order valence-corrected chi connectivity index (χ0v) is 11.2. The van der Waals surface area contributed by atoms with Gasteiger partial charge in [-0.05, 0) is 17.0 Å². The van der Waals surface area contributed by atoms with E-state index in [0.29, 0.717) is 11.5 Å². The Bertz CT molecular complexity index is 588. The number of nitrogens with zero attached hydrogens (tertiary/aromatic N) is 4. The topological polar surface area (TPSA) is 71.3 Å². The molecular formula is C14H16N4O. The number of para-hydroxylation sites is 1. The average Bonchev–Trinajstić information content (AvgIpc) is 2.37. The van der Waals surface area contributed by atoms with E-state index in [2.05, 4.69) is 40.7 Å². The van der Waals surface area contributed by atoms with E-state index in [1.54, 1.807) is 12.3 Å². The fraction of sp³-hybridized carbons (Fsp3) is 0.286. The maximum absolute atomic E-state index is 10.3. The van der Waals surface area contributed by atoms with Gasteiger partial charge in [-0.3, -0.25) is 0 Å². The normalized spacial score (nSPS) is 11.9. The van der Waals surface area contributed by atoms with Gasteiger partial charge in [-0.15, -0.1) is 0 Å². The molecule has 5 heteroatoms. The lowest BCUT2D eigenvalue weighted by Gasteiger charge is -2.21. The summed E-state index contributed by atoms with van der Waals surface area (Å²) in [5.74, 6) is 0.559. The first-order valence-electron chi connectivity index (χ1n) is 5.97. The third kappa shape index (κ3) is 3.13. The van der Waals surface area contributed by atoms with Gasteiger partial charge < -0.3 is 5.11 Å². The van der Waals surface area contributed by atoms with Gasteiger partial charge in [-0.2, -0.15) is 9.97 Å². The van der Waals surface area contributed by atoms with Crippen LogP contribution in [-0.2, 0) is 5.41 Å². The summed E-state index contributed by atoms with van der Waals surface area (Å²) < 4.78 is 0. The van der Waals surface area contributed by atoms with Crippen LogP contribution in [0.15, 0.2) is 35.8 Å². The Balaban J connectivity index is 2.34. The molecule has 5 nitrogen and oxygen atoms in total. The third-order valence-corrected chi connectivity index (χ3v) is 2.67. The van der Waals surface area contributed by atoms with Gasteiger partial charge >= 0.3 is 0 Å². The number of hydrogen-bond acceptors (Lipinski definition) is 5. The third-order valence-electron chi connectivity index (χ3n) is 2.67. The molecule has 0 spiro atoms. The van der Waals surface area contributed by atoms with E-state index in [0.717, 1.165) is 5.56 Å². The van der Waals surface area contributed by atoms with Crippen LogP contribution in [0.5, 0.6) is 5.75 Å². The van der Waals surface area contributed by atoms with E-state index in [9.17, 15) is 5.11 Å². The lowest BCUT2D eigenvalue weighted by atomic mass is 9.85. The van der Waals surface area contributed by atoms with Gasteiger partial charge in [0.05, 0.1) is 0 Å². The minimum absolute atomic E-state index is 0.124. The molecule has 0 fully saturated rings. The summed E-state index contributed by atoms with van der Waals surface area (Å²) in [4.78, 5) is 15.6. The van der Waals surface area contributed by atoms with Crippen LogP contribution in [0.2, 0.25) is 0 Å². The monoisotopic (exact) mass is 256 g/mol. The molecular weight excluding hydrogens is 240 g/mol. The summed E-state index contributed by atoms with van der Waals surface area (Å²) in [6, 6.07) is 5.61. The SMILES string of the molecule is CC(C)(C)c1cccc(/C=N/c2ncncn2)c1O. The Morgan fingerprint density at radius 1 is 1.16 bits per heavy atom. The average molecular weight is 256 g/mol. The van der Waals surface area contributed by atoms with Crippen LogP contribution in [-0.4, -0.2) is 26.3 Å². The molecule has 19 heavy (non-hydrogen) atoms. The Labute approximate surface area is 112 Å². The first-order valence-corrected chi connectivity index (χ1v) is 5.97. The number of phenols is 1. The maximum atomic E-state index is 10.3. The molecule has 1 aromatic heterocycles. The van der Waals surface area contributed by atoms with Crippen molar-refractivity contribution in [1.82, 2.24) is 15.0 Å². The van der Waals surface area contributed by atoms with Crippen molar-refractivity contribution in [2.24, 2.45) is 4.99 Å². The van der Waals surface area contributed by atoms with E-state index >= 15 is 0 Å². The first-order chi connectivity index (χ1) is 8.98. The smallest absolute Gasteiger partial charge is 0.252 e. The summed E-state index contributed by atoms with van der Waals surface area (Å²) in [5.41, 5.74) is 1.40. The quantitative estimate of drug-likeness (QED) is 0.838. The molecule has 0 aliphatic carbocycles. The highest BCUT2D eigenvalue weighted by molar-refractivity contribution is 5.85. The van der Waals surface area contributed by atoms with Gasteiger partial charge in [-0.25, -0.2) is 9.98 Å². The fourth-order valence-corrected chi connectivity index (χ4v) is 1.70. The number of benzene rings is 1. The molecule has 98 valence electrons. The van der Waals surface area contributed by atoms with Gasteiger partial charge in [0.15, 0.2) is 0 Å². The first kappa shape index (κ1) is 13.1. The number of hydrogen-bond donors (Lipinski definition) is 1. The zero-order chi connectivity index (χ0) is 13.9. The van der Waals surface area contributed by atoms with Crippen LogP contribution < -0.4 is 0 Å². The molecule has 0 unspecified atom stereocenters. The largest absolute Gasteiger partial charge is 0.507 e. The number of aliphatic imine (C=N–C) groups is 1. The summed E-state index contributed by atoms with van der Waals surface area (Å²) in [5, 5.41) is 10.3. The maximum Gasteiger partial charge on any atom is 0.252 e. The summed E-state index contributed by atoms with van der Waals surface area (Å²) >= 11 is 0. The molecule has 2 rings (SSSR count). The molecule has 0 saturated heterocycles. The van der Waals surface area contributed by atoms with Crippen LogP contribution in [0.25, 0.3) is 0 Å². The molecule has 0 atom stereocenters. The van der Waals surface area contributed by atoms with Crippen molar-refractivity contribution in [2.75, 3.05) is 0 Å². The molecule has 0 radical (unpaired) electrons. The Hall–Kier alpha value is -2.30. The number of rotatable bonds is 2. The molecule has 1 aromatic carbocycles. The number of aromatic nitrogens is 3. The summed E-state index contributed by atoms with van der Waals surface area (Å²) in [6.45, 7) is 6.15. The molecule has 0 aliphatic rings. The summed E-state index contributed by atoms with van der Waals surface area (Å²) in [6.07, 6.45) is 4.32. The molecule has 0 saturated carbocycles. The van der Waals surface area contributed by atoms with Crippen molar-refractivity contribution >= 4 is 12.2 Å². The van der Waals surface area contributed by atoms with Gasteiger partial charge in [0.2, 0.25) is 0 Å². The minimum Gasteiger partial charge on any atom is -0.507 e. The van der Waals surface area contributed by atoms with Crippen molar-refractivity contribution < 1.29 is 5.11 Å². The Kier molecular flexibility index (Phi) is 3.55. The fourth-order valence-electron chi connectivity index (χ4n) is 1.70. The van der Waals surface area contributed by atoms with Gasteiger partial charge in [0, 0.05) is 11.8 Å². The second-order valence-corrected chi connectivity index (χ2v) is 5.19. The van der Waals surface area contributed by atoms with E-state index in [1.165, 1.54) is 12.7 Å². The standard InChI is InChI=1S/C14H16N4O/c1-14(2,3)11-6-4-5-10(12(11)19)7-16-13-17-8-15-9-18-13/h4-9,19H,1-3H3/b16-7+. The van der Waals surface area contributed by atoms with E-state index in [-0.39, 0.29) is 11.2 Å². The highest BCUT2D eigenvalue weighted by atomic mass is 16.3. The van der Waals surface area contributed by atoms with Gasteiger partial charge in [0.1, 0.15) is 18.4 Å². The van der Waals surface area contributed by atoms with Crippen LogP contribution in [0.1, 0.15) is 31.9 Å². The van der Waals surface area contributed by atoms with Crippen LogP contribution in [0.3, 0.4) is 0 Å². The van der Waals surface area contributed by atoms with Crippen molar-refractivity contribution in [3.63, 3.8) is 0 Å². The van der Waals surface area contributed by atoms with Crippen LogP contribution in [0.4, 0.5) is 5.95 Å². The predicted octanol–water partition coefficient (Wildman–Crippen LogP) is 2.63. The number of phenolic OH excluding ortho intramolecular Hbond substituents is 1. The van der Waals surface area contributed by atoms with Crippen molar-refractivity contribution in [3.05, 3.63) is 42.0 Å². The molecule has 0 amide bonds. The van der Waals surface area contributed by atoms with Crippen molar-refractivity contribution in [2.45, 2.75) is 26.2 Å². The highest BCUT2D eigenvalue weighted by Crippen LogP contribution is 2.32. The molecule has 2 aromatic rings. The van der Waals surface area contributed by atoms with E-state index in [1.807, 2.05) is 12.1 Å². The van der Waals surface area contributed by atoms with Crippen LogP contribution >= 0.6 is 0 Å². The highest BCUT2D eigenvalue weighted by Gasteiger charge is 2.19. The molecule has 1 heterocycles. The second kappa shape index (κ2) is 5.14. The lowest BCUT2D eigenvalue weighted by Crippen LogP contribution is -2.11. The number of aromatic hydroxyl groups is 1.